The average molecular weight is 524 g/mol. The summed E-state index contributed by atoms with van der Waals surface area (Å²) in [6, 6.07) is 15.8. The van der Waals surface area contributed by atoms with Crippen molar-refractivity contribution in [1.82, 2.24) is 20.2 Å². The summed E-state index contributed by atoms with van der Waals surface area (Å²) in [4.78, 5) is 26.7. The smallest absolute Gasteiger partial charge is 0.227 e. The number of amides is 1. The molecule has 0 bridgehead atoms. The molecule has 2 aromatic carbocycles. The highest BCUT2D eigenvalue weighted by Crippen LogP contribution is 2.26. The van der Waals surface area contributed by atoms with Crippen molar-refractivity contribution in [2.45, 2.75) is 18.9 Å². The van der Waals surface area contributed by atoms with Gasteiger partial charge in [0.05, 0.1) is 11.9 Å². The number of nitrogens with one attached hydrogen (secondary N) is 2. The molecule has 0 aliphatic carbocycles. The van der Waals surface area contributed by atoms with E-state index in [0.29, 0.717) is 23.9 Å². The Labute approximate surface area is 217 Å². The first-order valence-electron chi connectivity index (χ1n) is 11.2. The van der Waals surface area contributed by atoms with Crippen LogP contribution < -0.4 is 15.5 Å². The van der Waals surface area contributed by atoms with Crippen LogP contribution in [0.15, 0.2) is 48.5 Å². The summed E-state index contributed by atoms with van der Waals surface area (Å²) >= 11 is 5.95. The summed E-state index contributed by atoms with van der Waals surface area (Å²) < 4.78 is 0. The molecule has 7 nitrogen and oxygen atoms in total. The van der Waals surface area contributed by atoms with Crippen molar-refractivity contribution in [3.05, 3.63) is 59.1 Å². The highest BCUT2D eigenvalue weighted by atomic mass is 35.5. The minimum Gasteiger partial charge on any atom is -0.353 e. The summed E-state index contributed by atoms with van der Waals surface area (Å²) in [6.07, 6.45) is 1.27. The van der Waals surface area contributed by atoms with E-state index in [1.807, 2.05) is 47.4 Å². The zero-order valence-corrected chi connectivity index (χ0v) is 21.1. The van der Waals surface area contributed by atoms with Crippen LogP contribution in [0.5, 0.6) is 0 Å². The number of likely N-dealkylation sites (tertiary alicyclic amines) is 1. The highest BCUT2D eigenvalue weighted by Gasteiger charge is 2.27. The predicted octanol–water partition coefficient (Wildman–Crippen LogP) is 3.79. The van der Waals surface area contributed by atoms with Crippen LogP contribution in [0, 0.1) is 0 Å². The normalized spacial score (nSPS) is 17.7. The molecule has 2 N–H and O–H groups in total. The van der Waals surface area contributed by atoms with Gasteiger partial charge in [0.15, 0.2) is 0 Å². The van der Waals surface area contributed by atoms with Gasteiger partial charge in [-0.3, -0.25) is 4.79 Å². The summed E-state index contributed by atoms with van der Waals surface area (Å²) in [7, 11) is 0. The Balaban J connectivity index is 0.00000162. The quantitative estimate of drug-likeness (QED) is 0.530. The molecule has 0 spiro atoms. The summed E-state index contributed by atoms with van der Waals surface area (Å²) in [5, 5.41) is 8.65. The number of fused-ring (bicyclic) bond motifs is 1. The summed E-state index contributed by atoms with van der Waals surface area (Å²) in [5.74, 6) is 1.75. The maximum atomic E-state index is 12.8. The molecule has 34 heavy (non-hydrogen) atoms. The van der Waals surface area contributed by atoms with E-state index in [4.69, 9.17) is 21.6 Å². The number of piperazine rings is 1. The van der Waals surface area contributed by atoms with Crippen molar-refractivity contribution in [3.8, 4) is 0 Å². The number of benzene rings is 2. The number of nitrogens with zero attached hydrogens (tertiary/aromatic N) is 4. The first-order chi connectivity index (χ1) is 15.7. The van der Waals surface area contributed by atoms with Crippen molar-refractivity contribution in [1.29, 1.82) is 0 Å². The molecule has 1 atom stereocenters. The molecular formula is C24H29Cl3N6O. The molecule has 2 saturated heterocycles. The van der Waals surface area contributed by atoms with Crippen LogP contribution in [0.25, 0.3) is 10.9 Å². The number of halogens is 3. The van der Waals surface area contributed by atoms with Crippen LogP contribution in [0.2, 0.25) is 5.02 Å². The fourth-order valence-corrected chi connectivity index (χ4v) is 4.54. The van der Waals surface area contributed by atoms with Crippen molar-refractivity contribution >= 4 is 65.0 Å². The monoisotopic (exact) mass is 522 g/mol. The van der Waals surface area contributed by atoms with E-state index in [1.165, 1.54) is 0 Å². The zero-order chi connectivity index (χ0) is 21.9. The van der Waals surface area contributed by atoms with Gasteiger partial charge in [-0.15, -0.1) is 24.8 Å². The number of carbonyl (C=O) groups is 1. The molecule has 0 saturated carbocycles. The Morgan fingerprint density at radius 3 is 2.53 bits per heavy atom. The van der Waals surface area contributed by atoms with Crippen LogP contribution in [0.1, 0.15) is 12.0 Å². The lowest BCUT2D eigenvalue weighted by Gasteiger charge is -2.29. The second-order valence-electron chi connectivity index (χ2n) is 8.40. The van der Waals surface area contributed by atoms with E-state index in [1.54, 1.807) is 0 Å². The van der Waals surface area contributed by atoms with Gasteiger partial charge in [-0.1, -0.05) is 35.9 Å². The van der Waals surface area contributed by atoms with Gasteiger partial charge in [-0.25, -0.2) is 4.98 Å². The zero-order valence-electron chi connectivity index (χ0n) is 18.7. The number of anilines is 2. The summed E-state index contributed by atoms with van der Waals surface area (Å²) in [5.41, 5.74) is 1.92. The van der Waals surface area contributed by atoms with E-state index in [2.05, 4.69) is 21.6 Å². The predicted molar refractivity (Wildman–Crippen MR) is 143 cm³/mol. The molecule has 3 aromatic rings. The second-order valence-corrected chi connectivity index (χ2v) is 8.83. The van der Waals surface area contributed by atoms with Gasteiger partial charge >= 0.3 is 0 Å². The molecule has 0 unspecified atom stereocenters. The standard InChI is InChI=1S/C24H27ClN6O.2ClH/c25-18-7-5-17(6-8-18)15-22(32)31-12-9-19(16-31)27-24-28-21-4-2-1-3-20(21)23(29-24)30-13-10-26-11-14-30;;/h1-8,19,26H,9-16H2,(H,27,28,29);2*1H/t19-;;/m0../s1. The molecule has 5 rings (SSSR count). The van der Waals surface area contributed by atoms with Gasteiger partial charge < -0.3 is 20.4 Å². The molecule has 2 fully saturated rings. The Morgan fingerprint density at radius 2 is 1.76 bits per heavy atom. The molecule has 2 aliphatic heterocycles. The lowest BCUT2D eigenvalue weighted by Crippen LogP contribution is -2.44. The largest absolute Gasteiger partial charge is 0.353 e. The highest BCUT2D eigenvalue weighted by molar-refractivity contribution is 6.30. The SMILES string of the molecule is Cl.Cl.O=C(Cc1ccc(Cl)cc1)N1CC[C@H](Nc2nc(N3CCNCC3)c3ccccc3n2)C1. The van der Waals surface area contributed by atoms with Crippen LogP contribution >= 0.6 is 36.4 Å². The van der Waals surface area contributed by atoms with E-state index in [0.717, 1.165) is 61.4 Å². The fraction of sp³-hybridized carbons (Fsp3) is 0.375. The number of rotatable bonds is 5. The summed E-state index contributed by atoms with van der Waals surface area (Å²) in [6.45, 7) is 5.16. The van der Waals surface area contributed by atoms with Crippen LogP contribution in [0.4, 0.5) is 11.8 Å². The van der Waals surface area contributed by atoms with Crippen LogP contribution in [-0.2, 0) is 11.2 Å². The minimum absolute atomic E-state index is 0. The third kappa shape index (κ3) is 6.02. The molecule has 1 amide bonds. The molecule has 182 valence electrons. The fourth-order valence-electron chi connectivity index (χ4n) is 4.42. The van der Waals surface area contributed by atoms with Gasteiger partial charge in [0.25, 0.3) is 0 Å². The van der Waals surface area contributed by atoms with Gasteiger partial charge in [-0.2, -0.15) is 4.98 Å². The van der Waals surface area contributed by atoms with Gasteiger partial charge in [0.2, 0.25) is 11.9 Å². The Bertz CT molecular complexity index is 1110. The van der Waals surface area contributed by atoms with Crippen molar-refractivity contribution in [2.75, 3.05) is 49.5 Å². The van der Waals surface area contributed by atoms with Gasteiger partial charge in [-0.05, 0) is 36.2 Å². The number of hydrogen-bond donors (Lipinski definition) is 2. The first kappa shape index (κ1) is 26.3. The molecule has 0 radical (unpaired) electrons. The number of aromatic nitrogens is 2. The lowest BCUT2D eigenvalue weighted by atomic mass is 10.1. The van der Waals surface area contributed by atoms with Crippen molar-refractivity contribution in [2.24, 2.45) is 0 Å². The number of hydrogen-bond acceptors (Lipinski definition) is 6. The first-order valence-corrected chi connectivity index (χ1v) is 11.5. The molecule has 10 heteroatoms. The van der Waals surface area contributed by atoms with E-state index in [-0.39, 0.29) is 36.8 Å². The molecule has 3 heterocycles. The van der Waals surface area contributed by atoms with E-state index in [9.17, 15) is 4.79 Å². The van der Waals surface area contributed by atoms with Crippen molar-refractivity contribution < 1.29 is 4.79 Å². The topological polar surface area (TPSA) is 73.4 Å². The van der Waals surface area contributed by atoms with Gasteiger partial charge in [0, 0.05) is 55.7 Å². The Kier molecular flexibility index (Phi) is 9.19. The lowest BCUT2D eigenvalue weighted by molar-refractivity contribution is -0.129. The average Bonchev–Trinajstić information content (AvgIpc) is 3.29. The van der Waals surface area contributed by atoms with Crippen LogP contribution in [0.3, 0.4) is 0 Å². The Hall–Kier alpha value is -2.32. The third-order valence-corrected chi connectivity index (χ3v) is 6.39. The molecule has 2 aliphatic rings. The third-order valence-electron chi connectivity index (χ3n) is 6.14. The maximum absolute atomic E-state index is 12.8. The minimum atomic E-state index is 0. The van der Waals surface area contributed by atoms with Crippen LogP contribution in [-0.4, -0.2) is 66.1 Å². The molecule has 1 aromatic heterocycles. The number of para-hydroxylation sites is 1. The number of carbonyl (C=O) groups excluding carboxylic acids is 1. The van der Waals surface area contributed by atoms with Gasteiger partial charge in [0.1, 0.15) is 5.82 Å². The Morgan fingerprint density at radius 1 is 1.03 bits per heavy atom. The second kappa shape index (κ2) is 11.9. The van der Waals surface area contributed by atoms with E-state index < -0.39 is 0 Å². The maximum Gasteiger partial charge on any atom is 0.227 e. The van der Waals surface area contributed by atoms with Crippen molar-refractivity contribution in [3.63, 3.8) is 0 Å². The van der Waals surface area contributed by atoms with E-state index >= 15 is 0 Å². The molecular weight excluding hydrogens is 495 g/mol.